The Morgan fingerprint density at radius 2 is 1.48 bits per heavy atom. The molecule has 3 rings (SSSR count). The van der Waals surface area contributed by atoms with Gasteiger partial charge in [-0.1, -0.05) is 12.1 Å². The molecule has 0 saturated carbocycles. The Morgan fingerprint density at radius 3 is 2.00 bits per heavy atom. The summed E-state index contributed by atoms with van der Waals surface area (Å²) in [6, 6.07) is 7.36. The van der Waals surface area contributed by atoms with Crippen LogP contribution in [-0.2, 0) is 16.4 Å². The first-order valence-corrected chi connectivity index (χ1v) is 10.6. The maximum absolute atomic E-state index is 11.5. The van der Waals surface area contributed by atoms with Gasteiger partial charge < -0.3 is 5.32 Å². The van der Waals surface area contributed by atoms with Crippen LogP contribution in [0.2, 0.25) is 0 Å². The molecule has 144 valence electrons. The van der Waals surface area contributed by atoms with Crippen molar-refractivity contribution in [2.24, 2.45) is 11.8 Å². The van der Waals surface area contributed by atoms with Gasteiger partial charge in [-0.05, 0) is 81.4 Å². The molecule has 0 unspecified atom stereocenters. The van der Waals surface area contributed by atoms with Gasteiger partial charge in [0.1, 0.15) is 0 Å². The molecule has 0 bridgehead atoms. The zero-order valence-electron chi connectivity index (χ0n) is 14.8. The van der Waals surface area contributed by atoms with E-state index in [9.17, 15) is 8.42 Å². The van der Waals surface area contributed by atoms with Gasteiger partial charge in [0.25, 0.3) is 0 Å². The van der Waals surface area contributed by atoms with Crippen molar-refractivity contribution in [3.05, 3.63) is 29.8 Å². The van der Waals surface area contributed by atoms with Crippen LogP contribution in [0.1, 0.15) is 31.2 Å². The predicted molar refractivity (Wildman–Crippen MR) is 108 cm³/mol. The molecule has 0 aliphatic carbocycles. The third-order valence-electron chi connectivity index (χ3n) is 5.44. The van der Waals surface area contributed by atoms with Crippen molar-refractivity contribution in [2.45, 2.75) is 37.1 Å². The van der Waals surface area contributed by atoms with E-state index in [1.54, 1.807) is 12.1 Å². The Kier molecular flexibility index (Phi) is 9.19. The summed E-state index contributed by atoms with van der Waals surface area (Å²) in [5.74, 6) is 1.83. The quantitative estimate of drug-likeness (QED) is 0.830. The Labute approximate surface area is 164 Å². The van der Waals surface area contributed by atoms with Crippen molar-refractivity contribution >= 4 is 34.7 Å². The molecule has 1 N–H and O–H groups in total. The number of sulfone groups is 1. The van der Waals surface area contributed by atoms with Crippen LogP contribution in [0.5, 0.6) is 0 Å². The number of hydrogen-bond acceptors (Lipinski definition) is 4. The standard InChI is InChI=1S/C18H28N2O2S.2ClH/c1-23(21,22)18-4-2-15(3-5-18)14-20-12-8-17(9-13-20)16-6-10-19-11-7-16;;/h2-5,16-17,19H,6-14H2,1H3;2*1H. The van der Waals surface area contributed by atoms with Gasteiger partial charge in [0.2, 0.25) is 0 Å². The third kappa shape index (κ3) is 6.40. The highest BCUT2D eigenvalue weighted by Crippen LogP contribution is 2.31. The molecule has 7 heteroatoms. The van der Waals surface area contributed by atoms with Gasteiger partial charge in [0.05, 0.1) is 4.90 Å². The fourth-order valence-electron chi connectivity index (χ4n) is 4.00. The number of benzene rings is 1. The Hall–Kier alpha value is -0.330. The smallest absolute Gasteiger partial charge is 0.175 e. The average molecular weight is 409 g/mol. The summed E-state index contributed by atoms with van der Waals surface area (Å²) < 4.78 is 23.0. The van der Waals surface area contributed by atoms with Crippen LogP contribution < -0.4 is 5.32 Å². The van der Waals surface area contributed by atoms with Gasteiger partial charge in [-0.2, -0.15) is 0 Å². The molecule has 2 saturated heterocycles. The number of hydrogen-bond donors (Lipinski definition) is 1. The van der Waals surface area contributed by atoms with Gasteiger partial charge in [-0.15, -0.1) is 24.8 Å². The van der Waals surface area contributed by atoms with Crippen molar-refractivity contribution in [1.82, 2.24) is 10.2 Å². The van der Waals surface area contributed by atoms with Gasteiger partial charge in [0.15, 0.2) is 9.84 Å². The lowest BCUT2D eigenvalue weighted by atomic mass is 9.79. The molecular formula is C18H30Cl2N2O2S. The topological polar surface area (TPSA) is 49.4 Å². The van der Waals surface area contributed by atoms with Crippen molar-refractivity contribution < 1.29 is 8.42 Å². The fourth-order valence-corrected chi connectivity index (χ4v) is 4.63. The minimum atomic E-state index is -3.09. The molecule has 0 aromatic heterocycles. The van der Waals surface area contributed by atoms with E-state index in [4.69, 9.17) is 0 Å². The lowest BCUT2D eigenvalue weighted by Gasteiger charge is -2.37. The Bertz CT molecular complexity index is 608. The summed E-state index contributed by atoms with van der Waals surface area (Å²) in [5, 5.41) is 3.46. The van der Waals surface area contributed by atoms with Crippen LogP contribution in [0.3, 0.4) is 0 Å². The maximum atomic E-state index is 11.5. The highest BCUT2D eigenvalue weighted by atomic mass is 35.5. The largest absolute Gasteiger partial charge is 0.317 e. The van der Waals surface area contributed by atoms with E-state index in [0.717, 1.165) is 18.4 Å². The van der Waals surface area contributed by atoms with E-state index in [0.29, 0.717) is 4.90 Å². The third-order valence-corrected chi connectivity index (χ3v) is 6.57. The molecular weight excluding hydrogens is 379 g/mol. The summed E-state index contributed by atoms with van der Waals surface area (Å²) in [6.07, 6.45) is 6.57. The van der Waals surface area contributed by atoms with E-state index in [-0.39, 0.29) is 24.8 Å². The summed E-state index contributed by atoms with van der Waals surface area (Å²) in [6.45, 7) is 5.66. The van der Waals surface area contributed by atoms with Crippen molar-refractivity contribution in [3.63, 3.8) is 0 Å². The molecule has 2 aliphatic rings. The Morgan fingerprint density at radius 1 is 0.960 bits per heavy atom. The lowest BCUT2D eigenvalue weighted by Crippen LogP contribution is -2.39. The molecule has 0 amide bonds. The second-order valence-corrected chi connectivity index (χ2v) is 9.13. The molecule has 0 atom stereocenters. The molecule has 4 nitrogen and oxygen atoms in total. The normalized spacial score (nSPS) is 20.5. The molecule has 0 spiro atoms. The second kappa shape index (κ2) is 10.1. The van der Waals surface area contributed by atoms with E-state index >= 15 is 0 Å². The first-order chi connectivity index (χ1) is 11.0. The monoisotopic (exact) mass is 408 g/mol. The molecule has 0 radical (unpaired) electrons. The summed E-state index contributed by atoms with van der Waals surface area (Å²) in [5.41, 5.74) is 1.21. The van der Waals surface area contributed by atoms with Gasteiger partial charge in [-0.3, -0.25) is 4.90 Å². The summed E-state index contributed by atoms with van der Waals surface area (Å²) in [4.78, 5) is 2.92. The highest BCUT2D eigenvalue weighted by Gasteiger charge is 2.27. The first kappa shape index (κ1) is 22.7. The van der Waals surface area contributed by atoms with E-state index < -0.39 is 9.84 Å². The van der Waals surface area contributed by atoms with Crippen LogP contribution in [0, 0.1) is 11.8 Å². The van der Waals surface area contributed by atoms with Crippen molar-refractivity contribution in [3.8, 4) is 0 Å². The van der Waals surface area contributed by atoms with Gasteiger partial charge in [0, 0.05) is 12.8 Å². The average Bonchev–Trinajstić information content (AvgIpc) is 2.56. The molecule has 2 aliphatic heterocycles. The lowest BCUT2D eigenvalue weighted by molar-refractivity contribution is 0.126. The van der Waals surface area contributed by atoms with Crippen LogP contribution in [0.4, 0.5) is 0 Å². The van der Waals surface area contributed by atoms with Crippen LogP contribution in [-0.4, -0.2) is 45.8 Å². The minimum Gasteiger partial charge on any atom is -0.317 e. The SMILES string of the molecule is CS(=O)(=O)c1ccc(CN2CCC(C3CCNCC3)CC2)cc1.Cl.Cl. The maximum Gasteiger partial charge on any atom is 0.175 e. The second-order valence-electron chi connectivity index (χ2n) is 7.12. The predicted octanol–water partition coefficient (Wildman–Crippen LogP) is 3.15. The summed E-state index contributed by atoms with van der Waals surface area (Å²) in [7, 11) is -3.09. The Balaban J connectivity index is 0.00000156. The number of halogens is 2. The first-order valence-electron chi connectivity index (χ1n) is 8.74. The molecule has 2 fully saturated rings. The number of nitrogens with one attached hydrogen (secondary N) is 1. The van der Waals surface area contributed by atoms with Gasteiger partial charge >= 0.3 is 0 Å². The van der Waals surface area contributed by atoms with Crippen molar-refractivity contribution in [1.29, 1.82) is 0 Å². The van der Waals surface area contributed by atoms with Crippen molar-refractivity contribution in [2.75, 3.05) is 32.4 Å². The molecule has 1 aromatic rings. The molecule has 2 heterocycles. The van der Waals surface area contributed by atoms with E-state index in [2.05, 4.69) is 10.2 Å². The van der Waals surface area contributed by atoms with Crippen LogP contribution >= 0.6 is 24.8 Å². The van der Waals surface area contributed by atoms with E-state index in [1.165, 1.54) is 63.7 Å². The zero-order valence-corrected chi connectivity index (χ0v) is 17.3. The van der Waals surface area contributed by atoms with Crippen LogP contribution in [0.25, 0.3) is 0 Å². The number of piperidine rings is 2. The zero-order chi connectivity index (χ0) is 16.3. The number of rotatable bonds is 4. The van der Waals surface area contributed by atoms with Crippen LogP contribution in [0.15, 0.2) is 29.2 Å². The number of nitrogens with zero attached hydrogens (tertiary/aromatic N) is 1. The molecule has 1 aromatic carbocycles. The minimum absolute atomic E-state index is 0. The molecule has 25 heavy (non-hydrogen) atoms. The number of likely N-dealkylation sites (tertiary alicyclic amines) is 1. The van der Waals surface area contributed by atoms with Gasteiger partial charge in [-0.25, -0.2) is 8.42 Å². The summed E-state index contributed by atoms with van der Waals surface area (Å²) >= 11 is 0. The highest BCUT2D eigenvalue weighted by molar-refractivity contribution is 7.90. The van der Waals surface area contributed by atoms with E-state index in [1.807, 2.05) is 12.1 Å². The fraction of sp³-hybridized carbons (Fsp3) is 0.667.